The third kappa shape index (κ3) is 3.24. The van der Waals surface area contributed by atoms with Crippen molar-refractivity contribution in [1.82, 2.24) is 0 Å². The molecule has 1 aliphatic carbocycles. The molecule has 3 nitrogen and oxygen atoms in total. The number of carbonyl (C=O) groups excluding carboxylic acids is 1. The smallest absolute Gasteiger partial charge is 0.228 e. The summed E-state index contributed by atoms with van der Waals surface area (Å²) in [7, 11) is 1.63. The van der Waals surface area contributed by atoms with E-state index in [1.54, 1.807) is 7.11 Å². The van der Waals surface area contributed by atoms with Crippen LogP contribution in [0.5, 0.6) is 5.75 Å². The van der Waals surface area contributed by atoms with Crippen molar-refractivity contribution in [3.8, 4) is 5.75 Å². The fourth-order valence-electron chi connectivity index (χ4n) is 2.80. The van der Waals surface area contributed by atoms with E-state index in [9.17, 15) is 4.79 Å². The zero-order valence-electron chi connectivity index (χ0n) is 12.2. The molecule has 0 fully saturated rings. The first-order valence-electron chi connectivity index (χ1n) is 7.29. The van der Waals surface area contributed by atoms with Crippen LogP contribution < -0.4 is 10.1 Å². The van der Waals surface area contributed by atoms with Crippen LogP contribution in [0.3, 0.4) is 0 Å². The first-order chi connectivity index (χ1) is 10.2. The van der Waals surface area contributed by atoms with Gasteiger partial charge in [-0.25, -0.2) is 0 Å². The van der Waals surface area contributed by atoms with E-state index in [1.165, 1.54) is 24.0 Å². The van der Waals surface area contributed by atoms with Gasteiger partial charge in [-0.3, -0.25) is 4.79 Å². The lowest BCUT2D eigenvalue weighted by molar-refractivity contribution is -0.115. The normalized spacial score (nSPS) is 12.8. The van der Waals surface area contributed by atoms with Crippen molar-refractivity contribution < 1.29 is 9.53 Å². The van der Waals surface area contributed by atoms with Crippen molar-refractivity contribution in [2.24, 2.45) is 0 Å². The molecule has 0 bridgehead atoms. The van der Waals surface area contributed by atoms with Crippen LogP contribution in [0.2, 0.25) is 0 Å². The average molecular weight is 281 g/mol. The highest BCUT2D eigenvalue weighted by Gasteiger charge is 2.12. The number of aryl methyl sites for hydroxylation is 2. The predicted molar refractivity (Wildman–Crippen MR) is 83.8 cm³/mol. The van der Waals surface area contributed by atoms with Crippen LogP contribution in [0.15, 0.2) is 42.5 Å². The Hall–Kier alpha value is -2.29. The van der Waals surface area contributed by atoms with Gasteiger partial charge in [0.15, 0.2) is 0 Å². The maximum Gasteiger partial charge on any atom is 0.228 e. The Labute approximate surface area is 124 Å². The van der Waals surface area contributed by atoms with Gasteiger partial charge in [-0.15, -0.1) is 0 Å². The zero-order valence-corrected chi connectivity index (χ0v) is 12.2. The molecule has 0 heterocycles. The number of amides is 1. The van der Waals surface area contributed by atoms with Gasteiger partial charge in [0.25, 0.3) is 0 Å². The quantitative estimate of drug-likeness (QED) is 0.933. The van der Waals surface area contributed by atoms with Gasteiger partial charge in [0.1, 0.15) is 5.75 Å². The van der Waals surface area contributed by atoms with E-state index in [0.717, 1.165) is 23.4 Å². The number of fused-ring (bicyclic) bond motifs is 1. The number of anilines is 1. The number of rotatable bonds is 4. The molecule has 0 saturated heterocycles. The molecule has 1 aliphatic rings. The van der Waals surface area contributed by atoms with Crippen molar-refractivity contribution >= 4 is 11.6 Å². The molecule has 3 heteroatoms. The topological polar surface area (TPSA) is 38.3 Å². The molecule has 3 rings (SSSR count). The van der Waals surface area contributed by atoms with Gasteiger partial charge in [-0.2, -0.15) is 0 Å². The Kier molecular flexibility index (Phi) is 3.91. The summed E-state index contributed by atoms with van der Waals surface area (Å²) in [5.74, 6) is 0.796. The molecular formula is C18H19NO2. The van der Waals surface area contributed by atoms with E-state index < -0.39 is 0 Å². The minimum atomic E-state index is 0.0121. The summed E-state index contributed by atoms with van der Waals surface area (Å²) < 4.78 is 5.10. The van der Waals surface area contributed by atoms with Crippen molar-refractivity contribution in [3.05, 3.63) is 59.2 Å². The van der Waals surface area contributed by atoms with Crippen LogP contribution in [-0.2, 0) is 24.1 Å². The standard InChI is InChI=1S/C18H19NO2/c1-21-17-9-7-16(8-10-17)19-18(20)12-13-5-6-14-3-2-4-15(14)11-13/h5-11H,2-4,12H2,1H3,(H,19,20). The minimum absolute atomic E-state index is 0.0121. The van der Waals surface area contributed by atoms with Gasteiger partial charge in [-0.05, 0) is 60.2 Å². The van der Waals surface area contributed by atoms with Gasteiger partial charge in [0.2, 0.25) is 5.91 Å². The second kappa shape index (κ2) is 6.00. The molecule has 21 heavy (non-hydrogen) atoms. The van der Waals surface area contributed by atoms with Gasteiger partial charge in [0, 0.05) is 5.69 Å². The lowest BCUT2D eigenvalue weighted by Crippen LogP contribution is -2.14. The van der Waals surface area contributed by atoms with E-state index in [1.807, 2.05) is 24.3 Å². The molecule has 2 aromatic carbocycles. The van der Waals surface area contributed by atoms with E-state index >= 15 is 0 Å². The number of carbonyl (C=O) groups is 1. The van der Waals surface area contributed by atoms with Crippen LogP contribution >= 0.6 is 0 Å². The summed E-state index contributed by atoms with van der Waals surface area (Å²) in [5, 5.41) is 2.91. The summed E-state index contributed by atoms with van der Waals surface area (Å²) in [4.78, 5) is 12.1. The fourth-order valence-corrected chi connectivity index (χ4v) is 2.80. The van der Waals surface area contributed by atoms with Crippen LogP contribution in [-0.4, -0.2) is 13.0 Å². The molecule has 1 amide bonds. The monoisotopic (exact) mass is 281 g/mol. The molecule has 0 aromatic heterocycles. The summed E-state index contributed by atoms with van der Waals surface area (Å²) in [6.45, 7) is 0. The molecule has 0 unspecified atom stereocenters. The second-order valence-electron chi connectivity index (χ2n) is 5.41. The summed E-state index contributed by atoms with van der Waals surface area (Å²) in [6.07, 6.45) is 3.97. The van der Waals surface area contributed by atoms with Crippen LogP contribution in [0.25, 0.3) is 0 Å². The highest BCUT2D eigenvalue weighted by molar-refractivity contribution is 5.92. The summed E-state index contributed by atoms with van der Waals surface area (Å²) >= 11 is 0. The second-order valence-corrected chi connectivity index (χ2v) is 5.41. The molecule has 2 aromatic rings. The van der Waals surface area contributed by atoms with Crippen LogP contribution in [0, 0.1) is 0 Å². The first-order valence-corrected chi connectivity index (χ1v) is 7.29. The summed E-state index contributed by atoms with van der Waals surface area (Å²) in [5.41, 5.74) is 4.72. The summed E-state index contributed by atoms with van der Waals surface area (Å²) in [6, 6.07) is 13.8. The number of ether oxygens (including phenoxy) is 1. The molecule has 0 saturated carbocycles. The maximum atomic E-state index is 12.1. The van der Waals surface area contributed by atoms with Gasteiger partial charge >= 0.3 is 0 Å². The SMILES string of the molecule is COc1ccc(NC(=O)Cc2ccc3c(c2)CCC3)cc1. The first kappa shape index (κ1) is 13.7. The molecule has 0 aliphatic heterocycles. The van der Waals surface area contributed by atoms with E-state index in [0.29, 0.717) is 6.42 Å². The molecule has 1 N–H and O–H groups in total. The molecule has 0 radical (unpaired) electrons. The Bertz CT molecular complexity index is 647. The van der Waals surface area contributed by atoms with Crippen molar-refractivity contribution in [1.29, 1.82) is 0 Å². The zero-order chi connectivity index (χ0) is 14.7. The minimum Gasteiger partial charge on any atom is -0.497 e. The predicted octanol–water partition coefficient (Wildman–Crippen LogP) is 3.37. The fraction of sp³-hybridized carbons (Fsp3) is 0.278. The molecule has 108 valence electrons. The van der Waals surface area contributed by atoms with Crippen LogP contribution in [0.1, 0.15) is 23.1 Å². The van der Waals surface area contributed by atoms with Crippen LogP contribution in [0.4, 0.5) is 5.69 Å². The lowest BCUT2D eigenvalue weighted by Gasteiger charge is -2.08. The third-order valence-corrected chi connectivity index (χ3v) is 3.90. The number of hydrogen-bond acceptors (Lipinski definition) is 2. The molecule has 0 spiro atoms. The highest BCUT2D eigenvalue weighted by Crippen LogP contribution is 2.23. The van der Waals surface area contributed by atoms with Gasteiger partial charge in [-0.1, -0.05) is 18.2 Å². The Morgan fingerprint density at radius 3 is 2.62 bits per heavy atom. The van der Waals surface area contributed by atoms with Gasteiger partial charge < -0.3 is 10.1 Å². The van der Waals surface area contributed by atoms with Crippen molar-refractivity contribution in [3.63, 3.8) is 0 Å². The van der Waals surface area contributed by atoms with E-state index in [-0.39, 0.29) is 5.91 Å². The highest BCUT2D eigenvalue weighted by atomic mass is 16.5. The molecule has 0 atom stereocenters. The van der Waals surface area contributed by atoms with Gasteiger partial charge in [0.05, 0.1) is 13.5 Å². The number of nitrogens with one attached hydrogen (secondary N) is 1. The van der Waals surface area contributed by atoms with Crippen molar-refractivity contribution in [2.75, 3.05) is 12.4 Å². The van der Waals surface area contributed by atoms with E-state index in [4.69, 9.17) is 4.74 Å². The van der Waals surface area contributed by atoms with Crippen molar-refractivity contribution in [2.45, 2.75) is 25.7 Å². The number of hydrogen-bond donors (Lipinski definition) is 1. The van der Waals surface area contributed by atoms with E-state index in [2.05, 4.69) is 23.5 Å². The Morgan fingerprint density at radius 2 is 1.86 bits per heavy atom. The number of benzene rings is 2. The average Bonchev–Trinajstić information content (AvgIpc) is 2.95. The molecular weight excluding hydrogens is 262 g/mol. The largest absolute Gasteiger partial charge is 0.497 e. The number of methoxy groups -OCH3 is 1. The lowest BCUT2D eigenvalue weighted by atomic mass is 10.0. The Morgan fingerprint density at radius 1 is 1.10 bits per heavy atom. The maximum absolute atomic E-state index is 12.1. The third-order valence-electron chi connectivity index (χ3n) is 3.90. The Balaban J connectivity index is 1.63.